The summed E-state index contributed by atoms with van der Waals surface area (Å²) < 4.78 is 0. The molecule has 0 aromatic carbocycles. The summed E-state index contributed by atoms with van der Waals surface area (Å²) in [6.45, 7) is 9.53. The fourth-order valence-electron chi connectivity index (χ4n) is 2.01. The number of nitrogens with one attached hydrogen (secondary N) is 1. The van der Waals surface area contributed by atoms with Crippen molar-refractivity contribution in [1.29, 1.82) is 0 Å². The van der Waals surface area contributed by atoms with Crippen molar-refractivity contribution in [2.24, 2.45) is 11.3 Å². The van der Waals surface area contributed by atoms with Crippen LogP contribution in [0.25, 0.3) is 0 Å². The normalized spacial score (nSPS) is 13.4. The Hall–Kier alpha value is -1.06. The van der Waals surface area contributed by atoms with Gasteiger partial charge in [0.05, 0.1) is 0 Å². The zero-order valence-corrected chi connectivity index (χ0v) is 12.2. The molecule has 4 nitrogen and oxygen atoms in total. The number of hydrogen-bond donors (Lipinski definition) is 2. The molecule has 0 aromatic rings. The lowest BCUT2D eigenvalue weighted by Crippen LogP contribution is -2.50. The molecule has 0 spiro atoms. The number of carboxylic acids is 1. The SMILES string of the molecule is CCCC(CCC)C(=O)NC(C(=O)O)C(C)(C)C. The van der Waals surface area contributed by atoms with Crippen molar-refractivity contribution in [1.82, 2.24) is 5.32 Å². The molecule has 1 atom stereocenters. The third kappa shape index (κ3) is 5.52. The van der Waals surface area contributed by atoms with Crippen molar-refractivity contribution in [2.45, 2.75) is 66.3 Å². The first-order valence-electron chi connectivity index (χ1n) is 6.77. The average molecular weight is 257 g/mol. The molecule has 0 rings (SSSR count). The summed E-state index contributed by atoms with van der Waals surface area (Å²) in [5.41, 5.74) is -0.482. The number of rotatable bonds is 7. The van der Waals surface area contributed by atoms with Gasteiger partial charge in [-0.1, -0.05) is 47.5 Å². The van der Waals surface area contributed by atoms with Gasteiger partial charge < -0.3 is 10.4 Å². The molecule has 4 heteroatoms. The molecule has 0 fully saturated rings. The molecule has 1 amide bonds. The van der Waals surface area contributed by atoms with Crippen LogP contribution in [-0.4, -0.2) is 23.0 Å². The number of hydrogen-bond acceptors (Lipinski definition) is 2. The Kier molecular flexibility index (Phi) is 6.96. The monoisotopic (exact) mass is 257 g/mol. The molecule has 0 aliphatic heterocycles. The van der Waals surface area contributed by atoms with Gasteiger partial charge in [0.15, 0.2) is 0 Å². The molecule has 106 valence electrons. The van der Waals surface area contributed by atoms with Crippen LogP contribution in [0.5, 0.6) is 0 Å². The second-order valence-electron chi connectivity index (χ2n) is 5.92. The Labute approximate surface area is 110 Å². The fraction of sp³-hybridized carbons (Fsp3) is 0.857. The van der Waals surface area contributed by atoms with Crippen molar-refractivity contribution < 1.29 is 14.7 Å². The molecule has 1 unspecified atom stereocenters. The van der Waals surface area contributed by atoms with Gasteiger partial charge in [0.25, 0.3) is 0 Å². The van der Waals surface area contributed by atoms with Gasteiger partial charge in [0, 0.05) is 5.92 Å². The summed E-state index contributed by atoms with van der Waals surface area (Å²) in [5, 5.41) is 11.9. The Balaban J connectivity index is 4.71. The third-order valence-corrected chi connectivity index (χ3v) is 3.04. The molecular formula is C14H27NO3. The zero-order chi connectivity index (χ0) is 14.3. The van der Waals surface area contributed by atoms with E-state index in [1.807, 2.05) is 34.6 Å². The Bertz CT molecular complexity index is 275. The van der Waals surface area contributed by atoms with Crippen LogP contribution in [0.2, 0.25) is 0 Å². The van der Waals surface area contributed by atoms with E-state index in [0.717, 1.165) is 25.7 Å². The maximum atomic E-state index is 12.1. The number of carbonyl (C=O) groups excluding carboxylic acids is 1. The molecule has 0 aliphatic carbocycles. The van der Waals surface area contributed by atoms with Crippen LogP contribution in [0.1, 0.15) is 60.3 Å². The first-order valence-corrected chi connectivity index (χ1v) is 6.77. The molecule has 0 aliphatic rings. The molecule has 0 saturated heterocycles. The van der Waals surface area contributed by atoms with Crippen molar-refractivity contribution >= 4 is 11.9 Å². The van der Waals surface area contributed by atoms with Crippen molar-refractivity contribution in [2.75, 3.05) is 0 Å². The van der Waals surface area contributed by atoms with E-state index in [0.29, 0.717) is 0 Å². The van der Waals surface area contributed by atoms with Crippen LogP contribution in [0.4, 0.5) is 0 Å². The van der Waals surface area contributed by atoms with Crippen LogP contribution < -0.4 is 5.32 Å². The van der Waals surface area contributed by atoms with E-state index < -0.39 is 17.4 Å². The van der Waals surface area contributed by atoms with Crippen LogP contribution >= 0.6 is 0 Å². The Morgan fingerprint density at radius 3 is 1.83 bits per heavy atom. The van der Waals surface area contributed by atoms with Gasteiger partial charge in [-0.2, -0.15) is 0 Å². The number of carboxylic acid groups (broad SMARTS) is 1. The minimum absolute atomic E-state index is 0.0656. The summed E-state index contributed by atoms with van der Waals surface area (Å²) in [7, 11) is 0. The average Bonchev–Trinajstić information content (AvgIpc) is 2.23. The molecule has 0 heterocycles. The van der Waals surface area contributed by atoms with Crippen LogP contribution in [0.15, 0.2) is 0 Å². The zero-order valence-electron chi connectivity index (χ0n) is 12.2. The van der Waals surface area contributed by atoms with Gasteiger partial charge in [0.2, 0.25) is 5.91 Å². The summed E-state index contributed by atoms with van der Waals surface area (Å²) >= 11 is 0. The lowest BCUT2D eigenvalue weighted by atomic mass is 9.86. The topological polar surface area (TPSA) is 66.4 Å². The van der Waals surface area contributed by atoms with Gasteiger partial charge in [-0.05, 0) is 18.3 Å². The predicted molar refractivity (Wildman–Crippen MR) is 72.3 cm³/mol. The van der Waals surface area contributed by atoms with E-state index in [4.69, 9.17) is 0 Å². The van der Waals surface area contributed by atoms with E-state index in [-0.39, 0.29) is 11.8 Å². The number of aliphatic carboxylic acids is 1. The first-order chi connectivity index (χ1) is 8.23. The fourth-order valence-corrected chi connectivity index (χ4v) is 2.01. The minimum Gasteiger partial charge on any atom is -0.480 e. The van der Waals surface area contributed by atoms with Crippen molar-refractivity contribution in [3.05, 3.63) is 0 Å². The minimum atomic E-state index is -0.970. The lowest BCUT2D eigenvalue weighted by Gasteiger charge is -2.29. The highest BCUT2D eigenvalue weighted by Gasteiger charge is 2.33. The number of amides is 1. The van der Waals surface area contributed by atoms with Gasteiger partial charge in [-0.25, -0.2) is 4.79 Å². The van der Waals surface area contributed by atoms with E-state index in [1.165, 1.54) is 0 Å². The molecular weight excluding hydrogens is 230 g/mol. The maximum absolute atomic E-state index is 12.1. The van der Waals surface area contributed by atoms with Gasteiger partial charge in [-0.3, -0.25) is 4.79 Å². The standard InChI is InChI=1S/C14H27NO3/c1-6-8-10(9-7-2)12(16)15-11(13(17)18)14(3,4)5/h10-11H,6-9H2,1-5H3,(H,15,16)(H,17,18). The quantitative estimate of drug-likeness (QED) is 0.737. The van der Waals surface area contributed by atoms with E-state index in [2.05, 4.69) is 5.32 Å². The van der Waals surface area contributed by atoms with Crippen LogP contribution in [0, 0.1) is 11.3 Å². The Morgan fingerprint density at radius 1 is 1.11 bits per heavy atom. The maximum Gasteiger partial charge on any atom is 0.326 e. The highest BCUT2D eigenvalue weighted by molar-refractivity contribution is 5.85. The molecule has 0 aromatic heterocycles. The largest absolute Gasteiger partial charge is 0.480 e. The van der Waals surface area contributed by atoms with Crippen molar-refractivity contribution in [3.63, 3.8) is 0 Å². The summed E-state index contributed by atoms with van der Waals surface area (Å²) in [5.74, 6) is -1.16. The smallest absolute Gasteiger partial charge is 0.326 e. The van der Waals surface area contributed by atoms with E-state index >= 15 is 0 Å². The summed E-state index contributed by atoms with van der Waals surface area (Å²) in [6, 6.07) is -0.832. The third-order valence-electron chi connectivity index (χ3n) is 3.04. The molecule has 18 heavy (non-hydrogen) atoms. The molecule has 0 radical (unpaired) electrons. The van der Waals surface area contributed by atoms with Gasteiger partial charge in [-0.15, -0.1) is 0 Å². The first kappa shape index (κ1) is 16.9. The number of carbonyl (C=O) groups is 2. The second kappa shape index (κ2) is 7.39. The molecule has 0 saturated carbocycles. The predicted octanol–water partition coefficient (Wildman–Crippen LogP) is 2.82. The van der Waals surface area contributed by atoms with Crippen LogP contribution in [0.3, 0.4) is 0 Å². The summed E-state index contributed by atoms with van der Waals surface area (Å²) in [4.78, 5) is 23.3. The highest BCUT2D eigenvalue weighted by atomic mass is 16.4. The Morgan fingerprint density at radius 2 is 1.56 bits per heavy atom. The van der Waals surface area contributed by atoms with E-state index in [1.54, 1.807) is 0 Å². The lowest BCUT2D eigenvalue weighted by molar-refractivity contribution is -0.145. The summed E-state index contributed by atoms with van der Waals surface area (Å²) in [6.07, 6.45) is 3.50. The van der Waals surface area contributed by atoms with Gasteiger partial charge in [0.1, 0.15) is 6.04 Å². The highest BCUT2D eigenvalue weighted by Crippen LogP contribution is 2.21. The van der Waals surface area contributed by atoms with Crippen molar-refractivity contribution in [3.8, 4) is 0 Å². The van der Waals surface area contributed by atoms with E-state index in [9.17, 15) is 14.7 Å². The van der Waals surface area contributed by atoms with Gasteiger partial charge >= 0.3 is 5.97 Å². The molecule has 0 bridgehead atoms. The second-order valence-corrected chi connectivity index (χ2v) is 5.92. The van der Waals surface area contributed by atoms with Crippen LogP contribution in [-0.2, 0) is 9.59 Å². The molecule has 2 N–H and O–H groups in total.